The topological polar surface area (TPSA) is 41.5 Å². The fourth-order valence-corrected chi connectivity index (χ4v) is 3.65. The minimum Gasteiger partial charge on any atom is -0.273 e. The highest BCUT2D eigenvalue weighted by Gasteiger charge is 2.34. The van der Waals surface area contributed by atoms with E-state index in [9.17, 15) is 4.79 Å². The Hall–Kier alpha value is -1.12. The van der Waals surface area contributed by atoms with Crippen LogP contribution in [0.25, 0.3) is 0 Å². The van der Waals surface area contributed by atoms with Crippen LogP contribution in [-0.2, 0) is 4.79 Å². The van der Waals surface area contributed by atoms with Crippen LogP contribution in [0.2, 0.25) is 0 Å². The molecule has 1 amide bonds. The molecule has 0 aliphatic heterocycles. The molecule has 3 atom stereocenters. The molecular formula is C15H22N2O. The van der Waals surface area contributed by atoms with Crippen LogP contribution >= 0.6 is 0 Å². The second-order valence-electron chi connectivity index (χ2n) is 6.03. The van der Waals surface area contributed by atoms with Gasteiger partial charge in [-0.1, -0.05) is 31.4 Å². The number of amides is 1. The first-order chi connectivity index (χ1) is 8.83. The Morgan fingerprint density at radius 3 is 2.67 bits per heavy atom. The lowest BCUT2D eigenvalue weighted by Gasteiger charge is -2.19. The van der Waals surface area contributed by atoms with Gasteiger partial charge in [-0.3, -0.25) is 4.79 Å². The van der Waals surface area contributed by atoms with Gasteiger partial charge in [0.25, 0.3) is 0 Å². The van der Waals surface area contributed by atoms with Crippen molar-refractivity contribution >= 4 is 12.1 Å². The first kappa shape index (κ1) is 11.9. The van der Waals surface area contributed by atoms with E-state index in [-0.39, 0.29) is 11.8 Å². The highest BCUT2D eigenvalue weighted by Crippen LogP contribution is 2.42. The maximum atomic E-state index is 11.9. The molecule has 0 unspecified atom stereocenters. The SMILES string of the molecule is O=C(N/N=C\[C@@H]1C[C@H]2C=C[C@@H]1C2)C1CCCCC1. The molecule has 0 aromatic heterocycles. The molecule has 3 rings (SSSR count). The Bertz CT molecular complexity index is 369. The molecule has 0 aromatic carbocycles. The summed E-state index contributed by atoms with van der Waals surface area (Å²) in [5.41, 5.74) is 2.75. The maximum absolute atomic E-state index is 11.9. The number of carbonyl (C=O) groups is 1. The summed E-state index contributed by atoms with van der Waals surface area (Å²) in [4.78, 5) is 11.9. The Morgan fingerprint density at radius 2 is 2.00 bits per heavy atom. The lowest BCUT2D eigenvalue weighted by molar-refractivity contribution is -0.125. The monoisotopic (exact) mass is 246 g/mol. The summed E-state index contributed by atoms with van der Waals surface area (Å²) in [7, 11) is 0. The Labute approximate surface area is 109 Å². The molecule has 98 valence electrons. The Kier molecular flexibility index (Phi) is 3.48. The summed E-state index contributed by atoms with van der Waals surface area (Å²) < 4.78 is 0. The maximum Gasteiger partial charge on any atom is 0.243 e. The first-order valence-corrected chi connectivity index (χ1v) is 7.34. The van der Waals surface area contributed by atoms with E-state index in [4.69, 9.17) is 0 Å². The first-order valence-electron chi connectivity index (χ1n) is 7.34. The summed E-state index contributed by atoms with van der Waals surface area (Å²) >= 11 is 0. The van der Waals surface area contributed by atoms with E-state index in [1.807, 2.05) is 6.21 Å². The van der Waals surface area contributed by atoms with E-state index in [1.54, 1.807) is 0 Å². The lowest BCUT2D eigenvalue weighted by Crippen LogP contribution is -2.28. The molecule has 3 heteroatoms. The van der Waals surface area contributed by atoms with Gasteiger partial charge in [-0.25, -0.2) is 5.43 Å². The number of allylic oxidation sites excluding steroid dienone is 2. The molecule has 0 radical (unpaired) electrons. The summed E-state index contributed by atoms with van der Waals surface area (Å²) in [6.07, 6.45) is 14.9. The van der Waals surface area contributed by atoms with Gasteiger partial charge in [0, 0.05) is 18.1 Å². The molecule has 0 aromatic rings. The minimum atomic E-state index is 0.129. The molecule has 0 spiro atoms. The van der Waals surface area contributed by atoms with Crippen molar-refractivity contribution in [2.75, 3.05) is 0 Å². The average Bonchev–Trinajstić information content (AvgIpc) is 3.02. The highest BCUT2D eigenvalue weighted by atomic mass is 16.2. The zero-order valence-corrected chi connectivity index (χ0v) is 10.8. The van der Waals surface area contributed by atoms with Crippen LogP contribution in [0.3, 0.4) is 0 Å². The van der Waals surface area contributed by atoms with Crippen LogP contribution in [0.4, 0.5) is 0 Å². The van der Waals surface area contributed by atoms with Gasteiger partial charge in [-0.05, 0) is 37.5 Å². The normalized spacial score (nSPS) is 35.4. The zero-order valence-electron chi connectivity index (χ0n) is 10.8. The largest absolute Gasteiger partial charge is 0.273 e. The van der Waals surface area contributed by atoms with Gasteiger partial charge < -0.3 is 0 Å². The van der Waals surface area contributed by atoms with Crippen molar-refractivity contribution in [3.8, 4) is 0 Å². The second-order valence-corrected chi connectivity index (χ2v) is 6.03. The molecule has 3 nitrogen and oxygen atoms in total. The molecule has 18 heavy (non-hydrogen) atoms. The second kappa shape index (κ2) is 5.25. The van der Waals surface area contributed by atoms with Crippen LogP contribution in [0.15, 0.2) is 17.3 Å². The van der Waals surface area contributed by atoms with E-state index < -0.39 is 0 Å². The molecule has 2 saturated carbocycles. The minimum absolute atomic E-state index is 0.129. The Morgan fingerprint density at radius 1 is 1.17 bits per heavy atom. The highest BCUT2D eigenvalue weighted by molar-refractivity contribution is 5.79. The fourth-order valence-electron chi connectivity index (χ4n) is 3.65. The van der Waals surface area contributed by atoms with Crippen LogP contribution in [-0.4, -0.2) is 12.1 Å². The molecule has 1 N–H and O–H groups in total. The average molecular weight is 246 g/mol. The molecule has 2 bridgehead atoms. The number of carbonyl (C=O) groups excluding carboxylic acids is 1. The standard InChI is InChI=1S/C15H22N2O/c18-15(12-4-2-1-3-5-12)17-16-10-14-9-11-6-7-13(14)8-11/h6-7,10-14H,1-5,8-9H2,(H,17,18)/b16-10-/t11-,13+,14-/m0/s1. The van der Waals surface area contributed by atoms with E-state index >= 15 is 0 Å². The smallest absolute Gasteiger partial charge is 0.243 e. The summed E-state index contributed by atoms with van der Waals surface area (Å²) in [5, 5.41) is 4.19. The number of hydrazone groups is 1. The summed E-state index contributed by atoms with van der Waals surface area (Å²) in [5.74, 6) is 2.32. The van der Waals surface area contributed by atoms with Crippen LogP contribution in [0.5, 0.6) is 0 Å². The van der Waals surface area contributed by atoms with Crippen molar-refractivity contribution in [2.45, 2.75) is 44.9 Å². The van der Waals surface area contributed by atoms with Crippen LogP contribution in [0.1, 0.15) is 44.9 Å². The third kappa shape index (κ3) is 2.50. The van der Waals surface area contributed by atoms with Crippen LogP contribution < -0.4 is 5.43 Å². The lowest BCUT2D eigenvalue weighted by atomic mass is 9.89. The van der Waals surface area contributed by atoms with Crippen molar-refractivity contribution in [1.29, 1.82) is 0 Å². The van der Waals surface area contributed by atoms with Crippen molar-refractivity contribution in [1.82, 2.24) is 5.43 Å². The quantitative estimate of drug-likeness (QED) is 0.464. The van der Waals surface area contributed by atoms with E-state index in [2.05, 4.69) is 22.7 Å². The van der Waals surface area contributed by atoms with Crippen molar-refractivity contribution in [3.63, 3.8) is 0 Å². The summed E-state index contributed by atoms with van der Waals surface area (Å²) in [6, 6.07) is 0. The third-order valence-corrected chi connectivity index (χ3v) is 4.75. The summed E-state index contributed by atoms with van der Waals surface area (Å²) in [6.45, 7) is 0. The molecular weight excluding hydrogens is 224 g/mol. The van der Waals surface area contributed by atoms with E-state index in [0.29, 0.717) is 11.8 Å². The van der Waals surface area contributed by atoms with Gasteiger partial charge in [0.1, 0.15) is 0 Å². The van der Waals surface area contributed by atoms with Gasteiger partial charge in [0.2, 0.25) is 5.91 Å². The van der Waals surface area contributed by atoms with E-state index in [0.717, 1.165) is 18.8 Å². The number of hydrogen-bond donors (Lipinski definition) is 1. The van der Waals surface area contributed by atoms with Gasteiger partial charge in [-0.2, -0.15) is 5.10 Å². The van der Waals surface area contributed by atoms with Gasteiger partial charge in [0.15, 0.2) is 0 Å². The predicted octanol–water partition coefficient (Wildman–Crippen LogP) is 2.88. The fraction of sp³-hybridized carbons (Fsp3) is 0.733. The van der Waals surface area contributed by atoms with Crippen molar-refractivity contribution < 1.29 is 4.79 Å². The number of fused-ring (bicyclic) bond motifs is 2. The zero-order chi connectivity index (χ0) is 12.4. The number of rotatable bonds is 3. The number of nitrogens with one attached hydrogen (secondary N) is 1. The van der Waals surface area contributed by atoms with Gasteiger partial charge >= 0.3 is 0 Å². The third-order valence-electron chi connectivity index (χ3n) is 4.75. The van der Waals surface area contributed by atoms with Crippen molar-refractivity contribution in [3.05, 3.63) is 12.2 Å². The molecule has 0 saturated heterocycles. The van der Waals surface area contributed by atoms with Gasteiger partial charge in [-0.15, -0.1) is 0 Å². The molecule has 2 fully saturated rings. The number of nitrogens with zero attached hydrogens (tertiary/aromatic N) is 1. The van der Waals surface area contributed by atoms with Crippen LogP contribution in [0, 0.1) is 23.7 Å². The molecule has 3 aliphatic rings. The van der Waals surface area contributed by atoms with Gasteiger partial charge in [0.05, 0.1) is 0 Å². The molecule has 3 aliphatic carbocycles. The Balaban J connectivity index is 1.46. The predicted molar refractivity (Wildman–Crippen MR) is 72.1 cm³/mol. The molecule has 0 heterocycles. The van der Waals surface area contributed by atoms with Crippen molar-refractivity contribution in [2.24, 2.45) is 28.8 Å². The number of hydrogen-bond acceptors (Lipinski definition) is 2. The van der Waals surface area contributed by atoms with E-state index in [1.165, 1.54) is 32.1 Å².